The summed E-state index contributed by atoms with van der Waals surface area (Å²) in [5, 5.41) is 3.30. The fourth-order valence-electron chi connectivity index (χ4n) is 2.82. The number of nitrogens with one attached hydrogen (secondary N) is 1. The molecule has 0 radical (unpaired) electrons. The number of nitrogens with zero attached hydrogens (tertiary/aromatic N) is 3. The Morgan fingerprint density at radius 2 is 2.21 bits per heavy atom. The van der Waals surface area contributed by atoms with Gasteiger partial charge in [0.15, 0.2) is 5.82 Å². The number of aldehydes is 1. The van der Waals surface area contributed by atoms with E-state index in [1.165, 1.54) is 0 Å². The summed E-state index contributed by atoms with van der Waals surface area (Å²) in [6.45, 7) is 6.76. The maximum atomic E-state index is 11.0. The molecule has 0 spiro atoms. The summed E-state index contributed by atoms with van der Waals surface area (Å²) < 4.78 is 5.87. The molecular formula is C13H18N4O2. The quantitative estimate of drug-likeness (QED) is 0.807. The Balaban J connectivity index is 1.90. The number of rotatable bonds is 2. The summed E-state index contributed by atoms with van der Waals surface area (Å²) in [6.07, 6.45) is 2.02. The summed E-state index contributed by atoms with van der Waals surface area (Å²) in [6, 6.07) is 0. The fraction of sp³-hybridized carbons (Fsp3) is 0.615. The molecule has 4 atom stereocenters. The molecule has 0 amide bonds. The van der Waals surface area contributed by atoms with Crippen LogP contribution in [-0.2, 0) is 9.53 Å². The molecule has 1 fully saturated rings. The van der Waals surface area contributed by atoms with Crippen molar-refractivity contribution in [2.75, 3.05) is 16.9 Å². The number of fused-ring (bicyclic) bond motifs is 1. The highest BCUT2D eigenvalue weighted by atomic mass is 16.5. The van der Waals surface area contributed by atoms with Crippen molar-refractivity contribution < 1.29 is 9.53 Å². The molecule has 1 aromatic heterocycles. The first-order valence-corrected chi connectivity index (χ1v) is 6.56. The van der Waals surface area contributed by atoms with Crippen LogP contribution < -0.4 is 10.2 Å². The van der Waals surface area contributed by atoms with E-state index in [4.69, 9.17) is 4.74 Å². The van der Waals surface area contributed by atoms with Gasteiger partial charge in [-0.3, -0.25) is 0 Å². The van der Waals surface area contributed by atoms with Gasteiger partial charge in [0.2, 0.25) is 0 Å². The smallest absolute Gasteiger partial charge is 0.159 e. The minimum atomic E-state index is -0.327. The molecule has 0 aromatic carbocycles. The molecule has 3 heterocycles. The van der Waals surface area contributed by atoms with Crippen LogP contribution in [0.1, 0.15) is 19.5 Å². The molecule has 2 aliphatic heterocycles. The van der Waals surface area contributed by atoms with Crippen molar-refractivity contribution in [1.82, 2.24) is 9.97 Å². The molecule has 4 unspecified atom stereocenters. The van der Waals surface area contributed by atoms with E-state index in [0.29, 0.717) is 6.67 Å². The van der Waals surface area contributed by atoms with Gasteiger partial charge >= 0.3 is 0 Å². The van der Waals surface area contributed by atoms with Gasteiger partial charge in [0.05, 0.1) is 12.4 Å². The number of aromatic nitrogens is 2. The standard InChI is InChI=1S/C13H18N4O2/c1-7-8(2)13(19-10(7)4-18)17-6-16-11-9(3)14-5-15-12(11)17/h4-5,7-8,10,13,16H,6H2,1-3H3. The van der Waals surface area contributed by atoms with E-state index in [2.05, 4.69) is 34.0 Å². The van der Waals surface area contributed by atoms with Crippen molar-refractivity contribution in [1.29, 1.82) is 0 Å². The predicted octanol–water partition coefficient (Wildman–Crippen LogP) is 1.17. The summed E-state index contributed by atoms with van der Waals surface area (Å²) in [4.78, 5) is 21.6. The lowest BCUT2D eigenvalue weighted by molar-refractivity contribution is -0.118. The third-order valence-electron chi connectivity index (χ3n) is 4.25. The Morgan fingerprint density at radius 3 is 2.89 bits per heavy atom. The Bertz CT molecular complexity index is 507. The SMILES string of the molecule is Cc1ncnc2c1NCN2C1OC(C=O)C(C)C1C. The molecule has 6 nitrogen and oxygen atoms in total. The van der Waals surface area contributed by atoms with Gasteiger partial charge in [-0.25, -0.2) is 9.97 Å². The molecule has 6 heteroatoms. The lowest BCUT2D eigenvalue weighted by Crippen LogP contribution is -2.39. The Kier molecular flexibility index (Phi) is 2.89. The topological polar surface area (TPSA) is 67.3 Å². The highest BCUT2D eigenvalue weighted by Gasteiger charge is 2.44. The predicted molar refractivity (Wildman–Crippen MR) is 70.8 cm³/mol. The van der Waals surface area contributed by atoms with Gasteiger partial charge in [0, 0.05) is 5.92 Å². The second-order valence-corrected chi connectivity index (χ2v) is 5.31. The Hall–Kier alpha value is -1.69. The normalized spacial score (nSPS) is 33.1. The molecule has 0 bridgehead atoms. The van der Waals surface area contributed by atoms with E-state index in [-0.39, 0.29) is 24.2 Å². The van der Waals surface area contributed by atoms with Crippen LogP contribution in [0, 0.1) is 18.8 Å². The van der Waals surface area contributed by atoms with Crippen LogP contribution in [0.4, 0.5) is 11.5 Å². The third kappa shape index (κ3) is 1.78. The first kappa shape index (κ1) is 12.3. The molecule has 1 N–H and O–H groups in total. The number of hydrogen-bond donors (Lipinski definition) is 1. The number of carbonyl (C=O) groups is 1. The molecule has 0 saturated carbocycles. The average Bonchev–Trinajstić information content (AvgIpc) is 2.94. The second-order valence-electron chi connectivity index (χ2n) is 5.31. The van der Waals surface area contributed by atoms with Crippen LogP contribution >= 0.6 is 0 Å². The fourth-order valence-corrected chi connectivity index (χ4v) is 2.82. The molecule has 1 aromatic rings. The number of carbonyl (C=O) groups excluding carboxylic acids is 1. The van der Waals surface area contributed by atoms with Crippen LogP contribution in [-0.4, -0.2) is 35.3 Å². The van der Waals surface area contributed by atoms with Crippen molar-refractivity contribution in [3.05, 3.63) is 12.0 Å². The molecule has 102 valence electrons. The number of ether oxygens (including phenoxy) is 1. The third-order valence-corrected chi connectivity index (χ3v) is 4.25. The van der Waals surface area contributed by atoms with E-state index >= 15 is 0 Å². The molecule has 2 aliphatic rings. The molecular weight excluding hydrogens is 244 g/mol. The van der Waals surface area contributed by atoms with Crippen molar-refractivity contribution in [3.8, 4) is 0 Å². The average molecular weight is 262 g/mol. The van der Waals surface area contributed by atoms with Gasteiger partial charge in [0.25, 0.3) is 0 Å². The maximum absolute atomic E-state index is 11.0. The van der Waals surface area contributed by atoms with Crippen LogP contribution in [0.15, 0.2) is 6.33 Å². The van der Waals surface area contributed by atoms with Crippen LogP contribution in [0.2, 0.25) is 0 Å². The van der Waals surface area contributed by atoms with E-state index in [1.54, 1.807) is 6.33 Å². The second kappa shape index (κ2) is 4.45. The number of hydrogen-bond acceptors (Lipinski definition) is 6. The van der Waals surface area contributed by atoms with Gasteiger partial charge in [-0.15, -0.1) is 0 Å². The number of anilines is 2. The molecule has 19 heavy (non-hydrogen) atoms. The molecule has 3 rings (SSSR count). The van der Waals surface area contributed by atoms with Gasteiger partial charge in [0.1, 0.15) is 30.6 Å². The Morgan fingerprint density at radius 1 is 1.42 bits per heavy atom. The van der Waals surface area contributed by atoms with Gasteiger partial charge in [-0.2, -0.15) is 0 Å². The van der Waals surface area contributed by atoms with Crippen molar-refractivity contribution in [2.45, 2.75) is 33.1 Å². The van der Waals surface area contributed by atoms with Crippen LogP contribution in [0.25, 0.3) is 0 Å². The van der Waals surface area contributed by atoms with E-state index in [1.807, 2.05) is 6.92 Å². The molecule has 0 aliphatic carbocycles. The summed E-state index contributed by atoms with van der Waals surface area (Å²) in [5.74, 6) is 1.36. The van der Waals surface area contributed by atoms with Crippen LogP contribution in [0.3, 0.4) is 0 Å². The minimum Gasteiger partial charge on any atom is -0.363 e. The van der Waals surface area contributed by atoms with E-state index in [0.717, 1.165) is 23.5 Å². The van der Waals surface area contributed by atoms with E-state index in [9.17, 15) is 4.79 Å². The first-order valence-electron chi connectivity index (χ1n) is 6.56. The highest BCUT2D eigenvalue weighted by molar-refractivity contribution is 5.73. The number of aryl methyl sites for hydroxylation is 1. The monoisotopic (exact) mass is 262 g/mol. The van der Waals surface area contributed by atoms with Gasteiger partial charge in [-0.05, 0) is 12.8 Å². The van der Waals surface area contributed by atoms with Gasteiger partial charge in [-0.1, -0.05) is 13.8 Å². The molecule has 1 saturated heterocycles. The van der Waals surface area contributed by atoms with Crippen molar-refractivity contribution >= 4 is 17.8 Å². The summed E-state index contributed by atoms with van der Waals surface area (Å²) in [5.41, 5.74) is 1.89. The minimum absolute atomic E-state index is 0.117. The zero-order valence-corrected chi connectivity index (χ0v) is 11.3. The lowest BCUT2D eigenvalue weighted by atomic mass is 9.93. The zero-order valence-electron chi connectivity index (χ0n) is 11.3. The lowest BCUT2D eigenvalue weighted by Gasteiger charge is -2.27. The van der Waals surface area contributed by atoms with E-state index < -0.39 is 0 Å². The van der Waals surface area contributed by atoms with Crippen LogP contribution in [0.5, 0.6) is 0 Å². The van der Waals surface area contributed by atoms with Gasteiger partial charge < -0.3 is 19.7 Å². The highest BCUT2D eigenvalue weighted by Crippen LogP contribution is 2.39. The first-order chi connectivity index (χ1) is 9.13. The van der Waals surface area contributed by atoms with Crippen molar-refractivity contribution in [2.24, 2.45) is 11.8 Å². The summed E-state index contributed by atoms with van der Waals surface area (Å²) in [7, 11) is 0. The van der Waals surface area contributed by atoms with Crippen molar-refractivity contribution in [3.63, 3.8) is 0 Å². The largest absolute Gasteiger partial charge is 0.363 e. The summed E-state index contributed by atoms with van der Waals surface area (Å²) >= 11 is 0. The Labute approximate surface area is 112 Å². The zero-order chi connectivity index (χ0) is 13.6. The maximum Gasteiger partial charge on any atom is 0.159 e.